The van der Waals surface area contributed by atoms with E-state index in [-0.39, 0.29) is 0 Å². The number of fused-ring (bicyclic) bond motifs is 7. The first-order valence-electron chi connectivity index (χ1n) is 17.2. The minimum absolute atomic E-state index is 0.792. The van der Waals surface area contributed by atoms with E-state index in [0.717, 1.165) is 99.9 Å². The molecule has 0 saturated heterocycles. The molecule has 0 aliphatic carbocycles. The van der Waals surface area contributed by atoms with Gasteiger partial charge < -0.3 is 0 Å². The average Bonchev–Trinajstić information content (AvgIpc) is 3.23. The van der Waals surface area contributed by atoms with Gasteiger partial charge in [-0.1, -0.05) is 103 Å². The first-order chi connectivity index (χ1) is 25.8. The second-order valence-corrected chi connectivity index (χ2v) is 12.8. The Morgan fingerprint density at radius 3 is 1.75 bits per heavy atom. The largest absolute Gasteiger partial charge is 0.255 e. The molecule has 6 nitrogen and oxygen atoms in total. The van der Waals surface area contributed by atoms with E-state index < -0.39 is 0 Å². The van der Waals surface area contributed by atoms with E-state index in [4.69, 9.17) is 19.9 Å². The molecule has 6 heteroatoms. The summed E-state index contributed by atoms with van der Waals surface area (Å²) in [6.45, 7) is 0. The molecular weight excluding hydrogens is 637 g/mol. The molecule has 0 N–H and O–H groups in total. The number of nitrogens with zero attached hydrogens (tertiary/aromatic N) is 6. The summed E-state index contributed by atoms with van der Waals surface area (Å²) in [7, 11) is 0. The standard InChI is InChI=1S/C46H28N6/c1-2-10-30(11-3-1)37-23-21-32-20-22-35-43-34-12-4-5-13-38(34)52-44(36(43)28-49-46(35)45(32)51-37)31-18-16-29(17-19-31)33-26-41(39-14-6-8-24-47-39)50-42(27-33)40-15-7-9-25-48-40/h1-28H. The molecule has 6 heterocycles. The Morgan fingerprint density at radius 1 is 0.346 bits per heavy atom. The molecule has 0 spiro atoms. The number of aromatic nitrogens is 6. The van der Waals surface area contributed by atoms with Crippen molar-refractivity contribution in [1.29, 1.82) is 0 Å². The molecule has 10 rings (SSSR count). The molecule has 242 valence electrons. The molecule has 0 unspecified atom stereocenters. The van der Waals surface area contributed by atoms with E-state index in [1.54, 1.807) is 12.4 Å². The molecule has 0 atom stereocenters. The maximum absolute atomic E-state index is 5.22. The summed E-state index contributed by atoms with van der Waals surface area (Å²) in [4.78, 5) is 29.6. The van der Waals surface area contributed by atoms with Crippen LogP contribution >= 0.6 is 0 Å². The minimum atomic E-state index is 0.792. The third kappa shape index (κ3) is 5.13. The van der Waals surface area contributed by atoms with Gasteiger partial charge in [0.25, 0.3) is 0 Å². The molecule has 0 aliphatic rings. The Hall–Kier alpha value is -7.18. The molecule has 10 aromatic rings. The lowest BCUT2D eigenvalue weighted by atomic mass is 9.96. The molecule has 0 aliphatic heterocycles. The van der Waals surface area contributed by atoms with E-state index in [0.29, 0.717) is 0 Å². The number of hydrogen-bond donors (Lipinski definition) is 0. The van der Waals surface area contributed by atoms with Gasteiger partial charge in [0.2, 0.25) is 0 Å². The van der Waals surface area contributed by atoms with Crippen molar-refractivity contribution in [3.05, 3.63) is 170 Å². The second kappa shape index (κ2) is 12.3. The van der Waals surface area contributed by atoms with Crippen molar-refractivity contribution in [3.8, 4) is 56.4 Å². The SMILES string of the molecule is c1ccc(-c2ccc3ccc4c(ncc5c(-c6ccc(-c7cc(-c8ccccn8)nc(-c8ccccn8)c7)cc6)nc6ccccc6c54)c3n2)cc1. The van der Waals surface area contributed by atoms with Crippen molar-refractivity contribution in [2.45, 2.75) is 0 Å². The lowest BCUT2D eigenvalue weighted by molar-refractivity contribution is 1.22. The van der Waals surface area contributed by atoms with E-state index in [2.05, 4.69) is 101 Å². The topological polar surface area (TPSA) is 77.3 Å². The Labute approximate surface area is 299 Å². The Morgan fingerprint density at radius 2 is 1.02 bits per heavy atom. The predicted molar refractivity (Wildman–Crippen MR) is 210 cm³/mol. The van der Waals surface area contributed by atoms with Crippen LogP contribution in [0.5, 0.6) is 0 Å². The molecule has 0 fully saturated rings. The van der Waals surface area contributed by atoms with Crippen LogP contribution in [0.25, 0.3) is 99.9 Å². The van der Waals surface area contributed by atoms with E-state index >= 15 is 0 Å². The molecule has 0 saturated carbocycles. The van der Waals surface area contributed by atoms with Crippen molar-refractivity contribution in [2.75, 3.05) is 0 Å². The summed E-state index contributed by atoms with van der Waals surface area (Å²) in [5.41, 5.74) is 11.9. The summed E-state index contributed by atoms with van der Waals surface area (Å²) in [6, 6.07) is 51.7. The van der Waals surface area contributed by atoms with Crippen LogP contribution < -0.4 is 0 Å². The summed E-state index contributed by atoms with van der Waals surface area (Å²) < 4.78 is 0. The lowest BCUT2D eigenvalue weighted by Gasteiger charge is -2.14. The molecule has 0 amide bonds. The van der Waals surface area contributed by atoms with Crippen molar-refractivity contribution >= 4 is 43.5 Å². The zero-order valence-corrected chi connectivity index (χ0v) is 27.8. The van der Waals surface area contributed by atoms with Gasteiger partial charge in [0.15, 0.2) is 0 Å². The number of rotatable bonds is 5. The summed E-state index contributed by atoms with van der Waals surface area (Å²) in [6.07, 6.45) is 5.55. The van der Waals surface area contributed by atoms with Crippen LogP contribution in [0, 0.1) is 0 Å². The quantitative estimate of drug-likeness (QED) is 0.170. The first-order valence-corrected chi connectivity index (χ1v) is 17.2. The summed E-state index contributed by atoms with van der Waals surface area (Å²) in [5.74, 6) is 0. The van der Waals surface area contributed by atoms with Gasteiger partial charge in [0.05, 0.1) is 50.7 Å². The maximum Gasteiger partial charge on any atom is 0.0972 e. The second-order valence-electron chi connectivity index (χ2n) is 12.8. The fraction of sp³-hybridized carbons (Fsp3) is 0. The van der Waals surface area contributed by atoms with Crippen molar-refractivity contribution < 1.29 is 0 Å². The van der Waals surface area contributed by atoms with Crippen molar-refractivity contribution in [1.82, 2.24) is 29.9 Å². The lowest BCUT2D eigenvalue weighted by Crippen LogP contribution is -1.95. The van der Waals surface area contributed by atoms with Gasteiger partial charge in [-0.25, -0.2) is 15.0 Å². The first kappa shape index (κ1) is 29.7. The number of pyridine rings is 6. The van der Waals surface area contributed by atoms with Gasteiger partial charge >= 0.3 is 0 Å². The third-order valence-electron chi connectivity index (χ3n) is 9.60. The Balaban J connectivity index is 1.13. The highest BCUT2D eigenvalue weighted by Crippen LogP contribution is 2.39. The highest BCUT2D eigenvalue weighted by Gasteiger charge is 2.17. The van der Waals surface area contributed by atoms with Crippen LogP contribution in [-0.2, 0) is 0 Å². The predicted octanol–water partition coefficient (Wildman–Crippen LogP) is 11.0. The van der Waals surface area contributed by atoms with E-state index in [9.17, 15) is 0 Å². The van der Waals surface area contributed by atoms with Crippen LogP contribution in [0.2, 0.25) is 0 Å². The van der Waals surface area contributed by atoms with Gasteiger partial charge in [0.1, 0.15) is 0 Å². The fourth-order valence-corrected chi connectivity index (χ4v) is 7.08. The van der Waals surface area contributed by atoms with E-state index in [1.165, 1.54) is 0 Å². The number of benzene rings is 4. The number of hydrogen-bond acceptors (Lipinski definition) is 6. The smallest absolute Gasteiger partial charge is 0.0972 e. The zero-order valence-electron chi connectivity index (χ0n) is 27.8. The zero-order chi connectivity index (χ0) is 34.4. The van der Waals surface area contributed by atoms with Crippen LogP contribution in [-0.4, -0.2) is 29.9 Å². The third-order valence-corrected chi connectivity index (χ3v) is 9.60. The molecular formula is C46H28N6. The maximum atomic E-state index is 5.22. The summed E-state index contributed by atoms with van der Waals surface area (Å²) in [5, 5.41) is 5.32. The minimum Gasteiger partial charge on any atom is -0.255 e. The Bertz CT molecular complexity index is 2870. The van der Waals surface area contributed by atoms with Gasteiger partial charge in [-0.05, 0) is 59.7 Å². The monoisotopic (exact) mass is 664 g/mol. The van der Waals surface area contributed by atoms with Gasteiger partial charge in [0, 0.05) is 56.6 Å². The molecule has 6 aromatic heterocycles. The number of para-hydroxylation sites is 1. The highest BCUT2D eigenvalue weighted by molar-refractivity contribution is 6.24. The summed E-state index contributed by atoms with van der Waals surface area (Å²) >= 11 is 0. The molecule has 52 heavy (non-hydrogen) atoms. The molecule has 0 bridgehead atoms. The fourth-order valence-electron chi connectivity index (χ4n) is 7.08. The Kier molecular flexibility index (Phi) is 7.03. The van der Waals surface area contributed by atoms with Crippen LogP contribution in [0.3, 0.4) is 0 Å². The van der Waals surface area contributed by atoms with Gasteiger partial charge in [-0.2, -0.15) is 0 Å². The normalized spacial score (nSPS) is 11.5. The highest BCUT2D eigenvalue weighted by atomic mass is 14.8. The van der Waals surface area contributed by atoms with E-state index in [1.807, 2.05) is 66.9 Å². The van der Waals surface area contributed by atoms with Crippen LogP contribution in [0.1, 0.15) is 0 Å². The molecule has 0 radical (unpaired) electrons. The van der Waals surface area contributed by atoms with Crippen molar-refractivity contribution in [2.24, 2.45) is 0 Å². The van der Waals surface area contributed by atoms with Gasteiger partial charge in [-0.3, -0.25) is 15.0 Å². The molecule has 4 aromatic carbocycles. The van der Waals surface area contributed by atoms with Gasteiger partial charge in [-0.15, -0.1) is 0 Å². The van der Waals surface area contributed by atoms with Crippen molar-refractivity contribution in [3.63, 3.8) is 0 Å². The average molecular weight is 665 g/mol. The van der Waals surface area contributed by atoms with Crippen LogP contribution in [0.15, 0.2) is 170 Å². The van der Waals surface area contributed by atoms with Crippen LogP contribution in [0.4, 0.5) is 0 Å².